The van der Waals surface area contributed by atoms with Gasteiger partial charge in [0.25, 0.3) is 0 Å². The van der Waals surface area contributed by atoms with Gasteiger partial charge >= 0.3 is 0 Å². The summed E-state index contributed by atoms with van der Waals surface area (Å²) in [5, 5.41) is 2.39. The molecule has 8 rings (SSSR count). The summed E-state index contributed by atoms with van der Waals surface area (Å²) in [7, 11) is 0. The minimum absolute atomic E-state index is 0.0311. The molecule has 0 N–H and O–H groups in total. The van der Waals surface area contributed by atoms with Crippen molar-refractivity contribution in [3.8, 4) is 11.3 Å². The largest absolute Gasteiger partial charge is 0.265 e. The Hall–Kier alpha value is -6.19. The fourth-order valence-electron chi connectivity index (χ4n) is 6.98. The molecule has 3 nitrogen and oxygen atoms in total. The minimum atomic E-state index is 0.0311. The first-order valence-electron chi connectivity index (χ1n) is 16.3. The van der Waals surface area contributed by atoms with Crippen LogP contribution in [0.25, 0.3) is 33.7 Å². The summed E-state index contributed by atoms with van der Waals surface area (Å²) in [6.07, 6.45) is 18.4. The number of aromatic nitrogens is 2. The molecule has 0 saturated heterocycles. The third-order valence-corrected chi connectivity index (χ3v) is 9.18. The number of rotatable bonds is 7. The van der Waals surface area contributed by atoms with Gasteiger partial charge in [0.15, 0.2) is 0 Å². The average Bonchev–Trinajstić information content (AvgIpc) is 3.16. The number of benzene rings is 4. The van der Waals surface area contributed by atoms with Crippen LogP contribution in [-0.4, -0.2) is 15.7 Å². The van der Waals surface area contributed by atoms with E-state index < -0.39 is 0 Å². The molecule has 4 aromatic carbocycles. The van der Waals surface area contributed by atoms with Crippen molar-refractivity contribution >= 4 is 33.8 Å². The molecule has 2 unspecified atom stereocenters. The van der Waals surface area contributed by atoms with Gasteiger partial charge in [-0.2, -0.15) is 0 Å². The molecule has 2 heterocycles. The quantitative estimate of drug-likeness (QED) is 0.132. The SMILES string of the molecule is C=C/C=C\c1ccccc1/N=C(/C1=C2C=CC=CC2C(c2cccc(-c3ccncc3)n2)c2ccccc21)c1ccc2ccccc2c1. The fraction of sp³-hybridized carbons (Fsp3) is 0.0444. The van der Waals surface area contributed by atoms with E-state index in [1.807, 2.05) is 30.6 Å². The molecule has 2 aromatic heterocycles. The van der Waals surface area contributed by atoms with Crippen LogP contribution in [0.1, 0.15) is 33.9 Å². The molecule has 3 heteroatoms. The number of nitrogens with zero attached hydrogens (tertiary/aromatic N) is 3. The fourth-order valence-corrected chi connectivity index (χ4v) is 6.98. The van der Waals surface area contributed by atoms with Crippen molar-refractivity contribution in [2.45, 2.75) is 5.92 Å². The Balaban J connectivity index is 1.38. The second-order valence-corrected chi connectivity index (χ2v) is 12.0. The normalized spacial score (nSPS) is 17.0. The summed E-state index contributed by atoms with van der Waals surface area (Å²) in [5.41, 5.74) is 11.8. The predicted molar refractivity (Wildman–Crippen MR) is 200 cm³/mol. The third-order valence-electron chi connectivity index (χ3n) is 9.18. The maximum Gasteiger partial charge on any atom is 0.0791 e. The molecular formula is C45H33N3. The molecule has 0 saturated carbocycles. The van der Waals surface area contributed by atoms with E-state index in [-0.39, 0.29) is 11.8 Å². The van der Waals surface area contributed by atoms with Crippen molar-refractivity contribution in [3.05, 3.63) is 210 Å². The van der Waals surface area contributed by atoms with Crippen LogP contribution in [0.2, 0.25) is 0 Å². The van der Waals surface area contributed by atoms with Gasteiger partial charge in [-0.3, -0.25) is 9.97 Å². The first kappa shape index (κ1) is 29.2. The second-order valence-electron chi connectivity index (χ2n) is 12.0. The molecule has 0 spiro atoms. The Bertz CT molecular complexity index is 2320. The lowest BCUT2D eigenvalue weighted by atomic mass is 9.67. The van der Waals surface area contributed by atoms with Crippen LogP contribution >= 0.6 is 0 Å². The topological polar surface area (TPSA) is 38.1 Å². The molecule has 228 valence electrons. The first-order chi connectivity index (χ1) is 23.8. The highest BCUT2D eigenvalue weighted by molar-refractivity contribution is 6.34. The molecule has 2 atom stereocenters. The van der Waals surface area contributed by atoms with Crippen LogP contribution < -0.4 is 0 Å². The number of hydrogen-bond acceptors (Lipinski definition) is 3. The maximum absolute atomic E-state index is 5.55. The van der Waals surface area contributed by atoms with E-state index in [1.54, 1.807) is 6.08 Å². The minimum Gasteiger partial charge on any atom is -0.265 e. The Morgan fingerprint density at radius 2 is 1.56 bits per heavy atom. The molecule has 0 aliphatic heterocycles. The molecule has 0 fully saturated rings. The molecule has 0 radical (unpaired) electrons. The lowest BCUT2D eigenvalue weighted by Gasteiger charge is -2.36. The average molecular weight is 616 g/mol. The third kappa shape index (κ3) is 5.46. The zero-order valence-corrected chi connectivity index (χ0v) is 26.4. The van der Waals surface area contributed by atoms with Crippen LogP contribution in [0, 0.1) is 5.92 Å². The number of para-hydroxylation sites is 1. The summed E-state index contributed by atoms with van der Waals surface area (Å²) in [6, 6.07) is 42.7. The van der Waals surface area contributed by atoms with Gasteiger partial charge in [0.2, 0.25) is 0 Å². The van der Waals surface area contributed by atoms with Crippen LogP contribution in [0.3, 0.4) is 0 Å². The summed E-state index contributed by atoms with van der Waals surface area (Å²) < 4.78 is 0. The molecule has 0 bridgehead atoms. The van der Waals surface area contributed by atoms with Gasteiger partial charge in [0, 0.05) is 52.2 Å². The standard InChI is InChI=1S/C45H33N3/c1-2-3-13-32-15-6-11-21-41(32)48-45(35-25-24-31-14-4-5-16-34(31)30-35)44-38-19-9-7-17-36(38)43(37-18-8-10-20-39(37)44)42-23-12-22-40(47-42)33-26-28-46-29-27-33/h2-30,36,43H,1H2/b13-3-,48-45+. The van der Waals surface area contributed by atoms with Crippen molar-refractivity contribution in [2.75, 3.05) is 0 Å². The molecule has 48 heavy (non-hydrogen) atoms. The number of hydrogen-bond donors (Lipinski definition) is 0. The van der Waals surface area contributed by atoms with E-state index in [0.29, 0.717) is 0 Å². The van der Waals surface area contributed by atoms with Crippen LogP contribution in [-0.2, 0) is 0 Å². The van der Waals surface area contributed by atoms with Crippen LogP contribution in [0.15, 0.2) is 187 Å². The van der Waals surface area contributed by atoms with E-state index in [2.05, 4.69) is 151 Å². The molecule has 2 aliphatic rings. The zero-order chi connectivity index (χ0) is 32.3. The highest BCUT2D eigenvalue weighted by atomic mass is 14.8. The van der Waals surface area contributed by atoms with Gasteiger partial charge in [-0.15, -0.1) is 0 Å². The smallest absolute Gasteiger partial charge is 0.0791 e. The molecular weight excluding hydrogens is 583 g/mol. The summed E-state index contributed by atoms with van der Waals surface area (Å²) >= 11 is 0. The van der Waals surface area contributed by atoms with Crippen molar-refractivity contribution < 1.29 is 0 Å². The lowest BCUT2D eigenvalue weighted by molar-refractivity contribution is 0.634. The highest BCUT2D eigenvalue weighted by Crippen LogP contribution is 2.49. The first-order valence-corrected chi connectivity index (χ1v) is 16.3. The zero-order valence-electron chi connectivity index (χ0n) is 26.4. The predicted octanol–water partition coefficient (Wildman–Crippen LogP) is 11.0. The van der Waals surface area contributed by atoms with Crippen molar-refractivity contribution in [1.29, 1.82) is 0 Å². The Labute approximate surface area is 281 Å². The van der Waals surface area contributed by atoms with Crippen LogP contribution in [0.5, 0.6) is 0 Å². The van der Waals surface area contributed by atoms with E-state index in [1.165, 1.54) is 27.5 Å². The summed E-state index contributed by atoms with van der Waals surface area (Å²) in [4.78, 5) is 15.0. The van der Waals surface area contributed by atoms with Gasteiger partial charge in [0.1, 0.15) is 0 Å². The summed E-state index contributed by atoms with van der Waals surface area (Å²) in [6.45, 7) is 3.89. The Kier molecular flexibility index (Phi) is 7.85. The van der Waals surface area contributed by atoms with Gasteiger partial charge in [-0.05, 0) is 63.9 Å². The van der Waals surface area contributed by atoms with Crippen LogP contribution in [0.4, 0.5) is 5.69 Å². The molecule has 0 amide bonds. The van der Waals surface area contributed by atoms with Crippen molar-refractivity contribution in [2.24, 2.45) is 10.9 Å². The maximum atomic E-state index is 5.55. The number of pyridine rings is 2. The van der Waals surface area contributed by atoms with Gasteiger partial charge < -0.3 is 0 Å². The monoisotopic (exact) mass is 615 g/mol. The summed E-state index contributed by atoms with van der Waals surface area (Å²) in [5.74, 6) is 0.102. The Morgan fingerprint density at radius 1 is 0.750 bits per heavy atom. The number of allylic oxidation sites excluding steroid dienone is 8. The van der Waals surface area contributed by atoms with Crippen molar-refractivity contribution in [1.82, 2.24) is 9.97 Å². The van der Waals surface area contributed by atoms with E-state index in [4.69, 9.17) is 9.98 Å². The lowest BCUT2D eigenvalue weighted by Crippen LogP contribution is -2.26. The second kappa shape index (κ2) is 12.9. The van der Waals surface area contributed by atoms with Gasteiger partial charge in [0.05, 0.1) is 17.1 Å². The molecule has 6 aromatic rings. The Morgan fingerprint density at radius 3 is 2.46 bits per heavy atom. The van der Waals surface area contributed by atoms with Gasteiger partial charge in [-0.1, -0.05) is 134 Å². The number of fused-ring (bicyclic) bond motifs is 3. The van der Waals surface area contributed by atoms with E-state index in [0.717, 1.165) is 45.1 Å². The van der Waals surface area contributed by atoms with E-state index >= 15 is 0 Å². The van der Waals surface area contributed by atoms with Gasteiger partial charge in [-0.25, -0.2) is 4.99 Å². The van der Waals surface area contributed by atoms with Crippen molar-refractivity contribution in [3.63, 3.8) is 0 Å². The van der Waals surface area contributed by atoms with E-state index in [9.17, 15) is 0 Å². The number of aliphatic imine (C=N–C) groups is 1. The highest BCUT2D eigenvalue weighted by Gasteiger charge is 2.37. The molecule has 2 aliphatic carbocycles.